The van der Waals surface area contributed by atoms with Gasteiger partial charge in [-0.15, -0.1) is 0 Å². The van der Waals surface area contributed by atoms with E-state index in [4.69, 9.17) is 11.5 Å². The molecule has 1 aliphatic rings. The van der Waals surface area contributed by atoms with E-state index < -0.39 is 109 Å². The average molecular weight is 774 g/mol. The Hall–Kier alpha value is -4.01. The van der Waals surface area contributed by atoms with Gasteiger partial charge in [-0.25, -0.2) is 4.79 Å². The van der Waals surface area contributed by atoms with Crippen LogP contribution in [0.25, 0.3) is 0 Å². The Morgan fingerprint density at radius 1 is 0.849 bits per heavy atom. The van der Waals surface area contributed by atoms with Gasteiger partial charge in [0.2, 0.25) is 41.4 Å². The molecule has 8 atom stereocenters. The molecule has 0 bridgehead atoms. The summed E-state index contributed by atoms with van der Waals surface area (Å²) in [5, 5.41) is 33.7. The predicted octanol–water partition coefficient (Wildman–Crippen LogP) is -3.30. The molecule has 0 radical (unpaired) electrons. The second-order valence-electron chi connectivity index (χ2n) is 13.5. The number of nitrogens with zero attached hydrogens (tertiary/aromatic N) is 1. The molecule has 0 unspecified atom stereocenters. The molecule has 1 aliphatic heterocycles. The Bertz CT molecular complexity index is 1290. The zero-order valence-electron chi connectivity index (χ0n) is 31.2. The molecule has 0 aromatic heterocycles. The SMILES string of the molecule is CC[C@H](C)[C@H](N)C(=O)N[C@@H](CO)C(=O)NCC(=O)N[C@@H](CCCCN)C(=O)N1CCC[C@H]1C(=O)N[C@@H](CS)C(=O)N[C@@H](C)C(=O)N[C@H](C(=O)O)C(C)C. The van der Waals surface area contributed by atoms with Gasteiger partial charge in [0, 0.05) is 12.3 Å². The van der Waals surface area contributed by atoms with Crippen LogP contribution in [0.1, 0.15) is 73.1 Å². The highest BCUT2D eigenvalue weighted by Gasteiger charge is 2.39. The van der Waals surface area contributed by atoms with Gasteiger partial charge < -0.3 is 58.5 Å². The molecule has 53 heavy (non-hydrogen) atoms. The van der Waals surface area contributed by atoms with Gasteiger partial charge in [0.1, 0.15) is 36.3 Å². The van der Waals surface area contributed by atoms with Gasteiger partial charge in [-0.1, -0.05) is 34.1 Å². The van der Waals surface area contributed by atoms with Crippen LogP contribution in [0.3, 0.4) is 0 Å². The first-order valence-corrected chi connectivity index (χ1v) is 18.6. The van der Waals surface area contributed by atoms with Gasteiger partial charge in [-0.3, -0.25) is 33.6 Å². The Kier molecular flexibility index (Phi) is 20.9. The number of carbonyl (C=O) groups is 8. The molecule has 1 saturated heterocycles. The lowest BCUT2D eigenvalue weighted by Crippen LogP contribution is -2.59. The number of carbonyl (C=O) groups excluding carboxylic acids is 7. The zero-order valence-corrected chi connectivity index (χ0v) is 32.1. The van der Waals surface area contributed by atoms with Crippen LogP contribution in [0.15, 0.2) is 0 Å². The molecule has 1 fully saturated rings. The monoisotopic (exact) mass is 773 g/mol. The summed E-state index contributed by atoms with van der Waals surface area (Å²) in [5.74, 6) is -6.90. The number of carboxylic acid groups (broad SMARTS) is 1. The van der Waals surface area contributed by atoms with Crippen molar-refractivity contribution in [3.63, 3.8) is 0 Å². The van der Waals surface area contributed by atoms with Crippen molar-refractivity contribution in [2.75, 3.05) is 32.0 Å². The van der Waals surface area contributed by atoms with Crippen LogP contribution in [0, 0.1) is 11.8 Å². The summed E-state index contributed by atoms with van der Waals surface area (Å²) in [6.07, 6.45) is 2.50. The molecule has 19 nitrogen and oxygen atoms in total. The highest BCUT2D eigenvalue weighted by atomic mass is 32.1. The number of unbranched alkanes of at least 4 members (excludes halogenated alkanes) is 1. The maximum Gasteiger partial charge on any atom is 0.326 e. The van der Waals surface area contributed by atoms with Crippen LogP contribution >= 0.6 is 12.6 Å². The molecular weight excluding hydrogens is 714 g/mol. The molecule has 1 rings (SSSR count). The summed E-state index contributed by atoms with van der Waals surface area (Å²) in [4.78, 5) is 104. The van der Waals surface area contributed by atoms with Crippen molar-refractivity contribution in [2.24, 2.45) is 23.3 Å². The van der Waals surface area contributed by atoms with E-state index in [1.807, 2.05) is 6.92 Å². The molecule has 1 heterocycles. The first-order chi connectivity index (χ1) is 24.9. The van der Waals surface area contributed by atoms with Gasteiger partial charge >= 0.3 is 5.97 Å². The van der Waals surface area contributed by atoms with Crippen LogP contribution in [0.5, 0.6) is 0 Å². The highest BCUT2D eigenvalue weighted by molar-refractivity contribution is 7.80. The molecule has 7 amide bonds. The number of carboxylic acids is 1. The number of likely N-dealkylation sites (tertiary alicyclic amines) is 1. The fraction of sp³-hybridized carbons (Fsp3) is 0.758. The smallest absolute Gasteiger partial charge is 0.326 e. The van der Waals surface area contributed by atoms with Crippen molar-refractivity contribution in [3.05, 3.63) is 0 Å². The number of nitrogens with one attached hydrogen (secondary N) is 6. The van der Waals surface area contributed by atoms with Crippen LogP contribution in [0.2, 0.25) is 0 Å². The van der Waals surface area contributed by atoms with Crippen LogP contribution < -0.4 is 43.4 Å². The molecule has 0 aromatic carbocycles. The fourth-order valence-electron chi connectivity index (χ4n) is 5.40. The van der Waals surface area contributed by atoms with Crippen molar-refractivity contribution in [2.45, 2.75) is 115 Å². The van der Waals surface area contributed by atoms with Gasteiger partial charge in [-0.05, 0) is 57.4 Å². The van der Waals surface area contributed by atoms with Crippen molar-refractivity contribution in [1.82, 2.24) is 36.8 Å². The molecule has 302 valence electrons. The molecular formula is C33H59N9O10S. The number of nitrogens with two attached hydrogens (primary N) is 2. The molecule has 0 spiro atoms. The summed E-state index contributed by atoms with van der Waals surface area (Å²) in [7, 11) is 0. The van der Waals surface area contributed by atoms with E-state index >= 15 is 0 Å². The summed E-state index contributed by atoms with van der Waals surface area (Å²) in [6.45, 7) is 7.40. The number of aliphatic hydroxyl groups is 1. The summed E-state index contributed by atoms with van der Waals surface area (Å²) in [5.41, 5.74) is 11.5. The number of thiol groups is 1. The molecule has 20 heteroatoms. The van der Waals surface area contributed by atoms with Crippen molar-refractivity contribution < 1.29 is 48.6 Å². The maximum absolute atomic E-state index is 13.8. The minimum Gasteiger partial charge on any atom is -0.480 e. The second kappa shape index (κ2) is 23.6. The fourth-order valence-corrected chi connectivity index (χ4v) is 5.65. The Morgan fingerprint density at radius 3 is 2.06 bits per heavy atom. The number of aliphatic hydroxyl groups excluding tert-OH is 1. The lowest BCUT2D eigenvalue weighted by Gasteiger charge is -2.30. The van der Waals surface area contributed by atoms with E-state index in [9.17, 15) is 48.6 Å². The van der Waals surface area contributed by atoms with Gasteiger partial charge in [0.25, 0.3) is 0 Å². The van der Waals surface area contributed by atoms with Gasteiger partial charge in [0.05, 0.1) is 19.2 Å². The largest absolute Gasteiger partial charge is 0.480 e. The Labute approximate surface area is 315 Å². The van der Waals surface area contributed by atoms with Gasteiger partial charge in [0.15, 0.2) is 0 Å². The third kappa shape index (κ3) is 15.1. The van der Waals surface area contributed by atoms with E-state index in [0.29, 0.717) is 32.2 Å². The number of aliphatic carboxylic acids is 1. The third-order valence-electron chi connectivity index (χ3n) is 9.02. The predicted molar refractivity (Wildman–Crippen MR) is 197 cm³/mol. The third-order valence-corrected chi connectivity index (χ3v) is 9.38. The molecule has 0 saturated carbocycles. The quantitative estimate of drug-likeness (QED) is 0.0360. The number of amides is 7. The zero-order chi connectivity index (χ0) is 40.4. The summed E-state index contributed by atoms with van der Waals surface area (Å²) < 4.78 is 0. The minimum atomic E-state index is -1.37. The normalized spacial score (nSPS) is 18.0. The van der Waals surface area contributed by atoms with Crippen molar-refractivity contribution >= 4 is 59.9 Å². The van der Waals surface area contributed by atoms with E-state index in [-0.39, 0.29) is 31.1 Å². The first kappa shape index (κ1) is 47.0. The van der Waals surface area contributed by atoms with E-state index in [1.54, 1.807) is 20.8 Å². The van der Waals surface area contributed by atoms with Crippen LogP contribution in [0.4, 0.5) is 0 Å². The Morgan fingerprint density at radius 2 is 1.51 bits per heavy atom. The molecule has 0 aliphatic carbocycles. The van der Waals surface area contributed by atoms with Crippen LogP contribution in [-0.2, 0) is 38.4 Å². The van der Waals surface area contributed by atoms with E-state index in [2.05, 4.69) is 44.5 Å². The number of hydrogen-bond donors (Lipinski definition) is 11. The topological polar surface area (TPSA) is 304 Å². The molecule has 0 aromatic rings. The Balaban J connectivity index is 2.93. The van der Waals surface area contributed by atoms with E-state index in [0.717, 1.165) is 0 Å². The minimum absolute atomic E-state index is 0.161. The molecule has 12 N–H and O–H groups in total. The summed E-state index contributed by atoms with van der Waals surface area (Å²) in [6, 6.07) is -7.89. The lowest BCUT2D eigenvalue weighted by atomic mass is 9.99. The number of rotatable bonds is 23. The standard InChI is InChI=1S/C33H59N9O10S/c1-6-18(4)25(35)31(49)39-21(15-43)28(46)36-14-24(44)38-20(10-7-8-12-34)32(50)42-13-9-11-23(42)30(48)40-22(16-53)29(47)37-19(5)27(45)41-26(17(2)3)33(51)52/h17-23,25-26,43,53H,6-16,34-35H2,1-5H3,(H,36,46)(H,37,47)(H,38,44)(H,39,49)(H,40,48)(H,41,45)(H,51,52)/t18-,19-,20-,21-,22-,23-,25-,26-/m0/s1. The van der Waals surface area contributed by atoms with Crippen LogP contribution in [-0.4, -0.2) is 137 Å². The van der Waals surface area contributed by atoms with Gasteiger partial charge in [-0.2, -0.15) is 12.6 Å². The number of hydrogen-bond acceptors (Lipinski definition) is 12. The first-order valence-electron chi connectivity index (χ1n) is 17.9. The van der Waals surface area contributed by atoms with Crippen molar-refractivity contribution in [1.29, 1.82) is 0 Å². The average Bonchev–Trinajstić information content (AvgIpc) is 3.62. The second-order valence-corrected chi connectivity index (χ2v) is 13.9. The maximum atomic E-state index is 13.8. The van der Waals surface area contributed by atoms with Crippen molar-refractivity contribution in [3.8, 4) is 0 Å². The van der Waals surface area contributed by atoms with E-state index in [1.165, 1.54) is 11.8 Å². The highest BCUT2D eigenvalue weighted by Crippen LogP contribution is 2.20. The summed E-state index contributed by atoms with van der Waals surface area (Å²) >= 11 is 4.16. The lowest BCUT2D eigenvalue weighted by molar-refractivity contribution is -0.143.